The van der Waals surface area contributed by atoms with Crippen molar-refractivity contribution in [3.63, 3.8) is 0 Å². The number of ether oxygens (including phenoxy) is 1. The number of aryl methyl sites for hydroxylation is 1. The number of pyridine rings is 2. The van der Waals surface area contributed by atoms with E-state index in [9.17, 15) is 4.79 Å². The topological polar surface area (TPSA) is 90.1 Å². The molecule has 0 bridgehead atoms. The highest BCUT2D eigenvalue weighted by Gasteiger charge is 2.11. The normalized spacial score (nSPS) is 10.8. The molecule has 4 rings (SSSR count). The average molecular weight is 374 g/mol. The van der Waals surface area contributed by atoms with Gasteiger partial charge in [0.2, 0.25) is 5.89 Å². The molecule has 4 aromatic rings. The van der Waals surface area contributed by atoms with Crippen LogP contribution in [0.3, 0.4) is 0 Å². The van der Waals surface area contributed by atoms with Crippen molar-refractivity contribution in [3.05, 3.63) is 71.8 Å². The molecule has 140 valence electrons. The predicted molar refractivity (Wildman–Crippen MR) is 104 cm³/mol. The second-order valence-corrected chi connectivity index (χ2v) is 6.28. The number of fused-ring (bicyclic) bond motifs is 1. The number of carbonyl (C=O) groups excluding carboxylic acids is 1. The Bertz CT molecular complexity index is 1120. The lowest BCUT2D eigenvalue weighted by molar-refractivity contribution is 0.0958. The Kier molecular flexibility index (Phi) is 4.72. The quantitative estimate of drug-likeness (QED) is 0.575. The molecular weight excluding hydrogens is 356 g/mol. The van der Waals surface area contributed by atoms with Gasteiger partial charge >= 0.3 is 0 Å². The van der Waals surface area contributed by atoms with Crippen LogP contribution in [0.25, 0.3) is 22.6 Å². The molecule has 28 heavy (non-hydrogen) atoms. The Morgan fingerprint density at radius 2 is 2.00 bits per heavy atom. The lowest BCUT2D eigenvalue weighted by atomic mass is 10.2. The van der Waals surface area contributed by atoms with Crippen LogP contribution in [0.5, 0.6) is 5.75 Å². The lowest BCUT2D eigenvalue weighted by Crippen LogP contribution is -2.18. The van der Waals surface area contributed by atoms with E-state index in [4.69, 9.17) is 9.15 Å². The smallest absolute Gasteiger partial charge is 0.269 e. The summed E-state index contributed by atoms with van der Waals surface area (Å²) in [5.41, 5.74) is 4.32. The zero-order chi connectivity index (χ0) is 19.5. The fraction of sp³-hybridized carbons (Fsp3) is 0.143. The molecule has 1 N–H and O–H groups in total. The molecule has 1 amide bonds. The van der Waals surface area contributed by atoms with Gasteiger partial charge in [-0.15, -0.1) is 0 Å². The molecule has 7 nitrogen and oxygen atoms in total. The third-order valence-electron chi connectivity index (χ3n) is 4.19. The minimum absolute atomic E-state index is 0.242. The summed E-state index contributed by atoms with van der Waals surface area (Å²) in [6.07, 6.45) is 3.38. The SMILES string of the molecule is CNC(=O)c1ccc(-c2nc3cc(OCc4ccc(C)cn4)ccc3o2)cn1. The predicted octanol–water partition coefficient (Wildman–Crippen LogP) is 3.53. The van der Waals surface area contributed by atoms with Crippen LogP contribution in [0, 0.1) is 6.92 Å². The third-order valence-corrected chi connectivity index (χ3v) is 4.19. The molecule has 0 spiro atoms. The van der Waals surface area contributed by atoms with Crippen molar-refractivity contribution >= 4 is 17.0 Å². The van der Waals surface area contributed by atoms with Gasteiger partial charge in [0.15, 0.2) is 5.58 Å². The molecule has 0 aliphatic heterocycles. The summed E-state index contributed by atoms with van der Waals surface area (Å²) in [5.74, 6) is 0.875. The summed E-state index contributed by atoms with van der Waals surface area (Å²) in [6.45, 7) is 2.37. The number of hydrogen-bond donors (Lipinski definition) is 1. The number of hydrogen-bond acceptors (Lipinski definition) is 6. The van der Waals surface area contributed by atoms with Crippen molar-refractivity contribution in [1.82, 2.24) is 20.3 Å². The Morgan fingerprint density at radius 3 is 2.71 bits per heavy atom. The number of rotatable bonds is 5. The van der Waals surface area contributed by atoms with Gasteiger partial charge in [-0.2, -0.15) is 0 Å². The Labute approximate surface area is 161 Å². The molecule has 0 atom stereocenters. The van der Waals surface area contributed by atoms with E-state index in [0.717, 1.165) is 11.3 Å². The van der Waals surface area contributed by atoms with Crippen LogP contribution in [0.1, 0.15) is 21.7 Å². The van der Waals surface area contributed by atoms with Crippen molar-refractivity contribution in [1.29, 1.82) is 0 Å². The number of nitrogens with zero attached hydrogens (tertiary/aromatic N) is 3. The van der Waals surface area contributed by atoms with Crippen LogP contribution in [0.15, 0.2) is 59.3 Å². The Hall–Kier alpha value is -3.74. The molecule has 0 radical (unpaired) electrons. The molecule has 0 unspecified atom stereocenters. The third kappa shape index (κ3) is 3.68. The van der Waals surface area contributed by atoms with Gasteiger partial charge in [0.05, 0.1) is 11.3 Å². The fourth-order valence-corrected chi connectivity index (χ4v) is 2.64. The Balaban J connectivity index is 1.52. The van der Waals surface area contributed by atoms with Crippen LogP contribution in [0.2, 0.25) is 0 Å². The molecule has 1 aromatic carbocycles. The summed E-state index contributed by atoms with van der Waals surface area (Å²) in [6, 6.07) is 12.8. The highest BCUT2D eigenvalue weighted by molar-refractivity contribution is 5.92. The Morgan fingerprint density at radius 1 is 1.11 bits per heavy atom. The molecule has 0 saturated heterocycles. The van der Waals surface area contributed by atoms with E-state index in [2.05, 4.69) is 20.3 Å². The molecule has 0 aliphatic rings. The number of nitrogens with one attached hydrogen (secondary N) is 1. The van der Waals surface area contributed by atoms with Crippen LogP contribution in [-0.4, -0.2) is 27.9 Å². The van der Waals surface area contributed by atoms with Crippen LogP contribution < -0.4 is 10.1 Å². The minimum Gasteiger partial charge on any atom is -0.487 e. The highest BCUT2D eigenvalue weighted by atomic mass is 16.5. The van der Waals surface area contributed by atoms with Gasteiger partial charge in [-0.3, -0.25) is 14.8 Å². The maximum Gasteiger partial charge on any atom is 0.269 e. The summed E-state index contributed by atoms with van der Waals surface area (Å²) in [7, 11) is 1.56. The second-order valence-electron chi connectivity index (χ2n) is 6.28. The number of oxazole rings is 1. The van der Waals surface area contributed by atoms with E-state index in [-0.39, 0.29) is 5.91 Å². The molecule has 7 heteroatoms. The summed E-state index contributed by atoms with van der Waals surface area (Å²) < 4.78 is 11.6. The minimum atomic E-state index is -0.242. The van der Waals surface area contributed by atoms with Gasteiger partial charge in [-0.05, 0) is 42.8 Å². The molecular formula is C21H18N4O3. The highest BCUT2D eigenvalue weighted by Crippen LogP contribution is 2.27. The maximum absolute atomic E-state index is 11.6. The van der Waals surface area contributed by atoms with E-state index in [1.54, 1.807) is 25.4 Å². The van der Waals surface area contributed by atoms with E-state index in [1.165, 1.54) is 0 Å². The molecule has 0 saturated carbocycles. The van der Waals surface area contributed by atoms with Crippen molar-refractivity contribution in [2.75, 3.05) is 7.05 Å². The monoisotopic (exact) mass is 374 g/mol. The van der Waals surface area contributed by atoms with E-state index >= 15 is 0 Å². The zero-order valence-corrected chi connectivity index (χ0v) is 15.5. The van der Waals surface area contributed by atoms with Gasteiger partial charge in [-0.25, -0.2) is 4.98 Å². The van der Waals surface area contributed by atoms with Gasteiger partial charge in [0, 0.05) is 25.5 Å². The van der Waals surface area contributed by atoms with Crippen LogP contribution in [-0.2, 0) is 6.61 Å². The standard InChI is InChI=1S/C21H18N4O3/c1-13-3-5-15(23-10-13)12-27-16-6-8-19-18(9-16)25-21(28-19)14-4-7-17(24-11-14)20(26)22-2/h3-11H,12H2,1-2H3,(H,22,26). The van der Waals surface area contributed by atoms with Gasteiger partial charge in [-0.1, -0.05) is 6.07 Å². The van der Waals surface area contributed by atoms with Crippen molar-refractivity contribution in [3.8, 4) is 17.2 Å². The molecule has 3 heterocycles. The van der Waals surface area contributed by atoms with E-state index in [1.807, 2.05) is 43.5 Å². The van der Waals surface area contributed by atoms with Gasteiger partial charge < -0.3 is 14.5 Å². The molecule has 3 aromatic heterocycles. The second kappa shape index (κ2) is 7.48. The summed E-state index contributed by atoms with van der Waals surface area (Å²) >= 11 is 0. The first-order valence-electron chi connectivity index (χ1n) is 8.76. The average Bonchev–Trinajstić information content (AvgIpc) is 3.16. The van der Waals surface area contributed by atoms with Crippen molar-refractivity contribution < 1.29 is 13.9 Å². The first-order chi connectivity index (χ1) is 13.6. The number of carbonyl (C=O) groups is 1. The number of amides is 1. The maximum atomic E-state index is 11.6. The van der Waals surface area contributed by atoms with Crippen LogP contribution in [0.4, 0.5) is 0 Å². The molecule has 0 aliphatic carbocycles. The first kappa shape index (κ1) is 17.7. The zero-order valence-electron chi connectivity index (χ0n) is 15.5. The lowest BCUT2D eigenvalue weighted by Gasteiger charge is -2.05. The van der Waals surface area contributed by atoms with Crippen LogP contribution >= 0.6 is 0 Å². The first-order valence-corrected chi connectivity index (χ1v) is 8.76. The summed E-state index contributed by atoms with van der Waals surface area (Å²) in [5, 5.41) is 2.54. The van der Waals surface area contributed by atoms with Crippen molar-refractivity contribution in [2.24, 2.45) is 0 Å². The fourth-order valence-electron chi connectivity index (χ4n) is 2.64. The number of benzene rings is 1. The largest absolute Gasteiger partial charge is 0.487 e. The van der Waals surface area contributed by atoms with E-state index in [0.29, 0.717) is 40.6 Å². The van der Waals surface area contributed by atoms with Gasteiger partial charge in [0.25, 0.3) is 5.91 Å². The van der Waals surface area contributed by atoms with E-state index < -0.39 is 0 Å². The summed E-state index contributed by atoms with van der Waals surface area (Å²) in [4.78, 5) is 24.6. The number of aromatic nitrogens is 3. The molecule has 0 fully saturated rings. The van der Waals surface area contributed by atoms with Gasteiger partial charge in [0.1, 0.15) is 23.6 Å². The van der Waals surface area contributed by atoms with Crippen molar-refractivity contribution in [2.45, 2.75) is 13.5 Å².